The molecular formula is C9H13N3O2. The van der Waals surface area contributed by atoms with Gasteiger partial charge >= 0.3 is 5.97 Å². The van der Waals surface area contributed by atoms with Crippen molar-refractivity contribution in [2.45, 2.75) is 19.9 Å². The molecule has 1 atom stereocenters. The summed E-state index contributed by atoms with van der Waals surface area (Å²) in [6, 6.07) is -0.610. The van der Waals surface area contributed by atoms with Gasteiger partial charge in [0.05, 0.1) is 5.41 Å². The van der Waals surface area contributed by atoms with E-state index in [-0.39, 0.29) is 0 Å². The summed E-state index contributed by atoms with van der Waals surface area (Å²) in [6.45, 7) is 3.15. The predicted molar refractivity (Wildman–Crippen MR) is 50.4 cm³/mol. The molecule has 0 aliphatic heterocycles. The summed E-state index contributed by atoms with van der Waals surface area (Å²) >= 11 is 0. The van der Waals surface area contributed by atoms with Gasteiger partial charge in [-0.15, -0.1) is 0 Å². The average Bonchev–Trinajstić information content (AvgIpc) is 2.17. The first kappa shape index (κ1) is 10.6. The first-order valence-corrected chi connectivity index (χ1v) is 4.20. The van der Waals surface area contributed by atoms with E-state index in [4.69, 9.17) is 10.8 Å². The van der Waals surface area contributed by atoms with Gasteiger partial charge in [0.25, 0.3) is 0 Å². The lowest BCUT2D eigenvalue weighted by atomic mass is 9.82. The molecule has 3 N–H and O–H groups in total. The molecule has 1 rings (SSSR count). The second-order valence-electron chi connectivity index (χ2n) is 3.68. The molecule has 0 aliphatic carbocycles. The van der Waals surface area contributed by atoms with Crippen LogP contribution in [0, 0.1) is 5.41 Å². The Balaban J connectivity index is 2.96. The Bertz CT molecular complexity index is 324. The maximum absolute atomic E-state index is 10.9. The second-order valence-corrected chi connectivity index (χ2v) is 3.68. The zero-order chi connectivity index (χ0) is 10.8. The molecule has 0 spiro atoms. The van der Waals surface area contributed by atoms with Gasteiger partial charge in [0, 0.05) is 24.0 Å². The Kier molecular flexibility index (Phi) is 2.81. The Morgan fingerprint density at radius 3 is 2.43 bits per heavy atom. The quantitative estimate of drug-likeness (QED) is 0.736. The van der Waals surface area contributed by atoms with Crippen LogP contribution in [0.1, 0.15) is 25.5 Å². The molecule has 0 amide bonds. The third kappa shape index (κ3) is 1.88. The number of rotatable bonds is 3. The van der Waals surface area contributed by atoms with Crippen molar-refractivity contribution in [2.75, 3.05) is 0 Å². The summed E-state index contributed by atoms with van der Waals surface area (Å²) in [5.74, 6) is -0.936. The van der Waals surface area contributed by atoms with Crippen molar-refractivity contribution in [3.05, 3.63) is 24.3 Å². The Labute approximate surface area is 82.0 Å². The van der Waals surface area contributed by atoms with E-state index < -0.39 is 17.4 Å². The lowest BCUT2D eigenvalue weighted by Gasteiger charge is -2.26. The summed E-state index contributed by atoms with van der Waals surface area (Å²) in [6.07, 6.45) is 4.44. The van der Waals surface area contributed by atoms with E-state index in [1.165, 1.54) is 18.7 Å². The molecule has 14 heavy (non-hydrogen) atoms. The maximum Gasteiger partial charge on any atom is 0.311 e. The lowest BCUT2D eigenvalue weighted by Crippen LogP contribution is -2.36. The highest BCUT2D eigenvalue weighted by Gasteiger charge is 2.35. The van der Waals surface area contributed by atoms with E-state index in [0.29, 0.717) is 5.56 Å². The highest BCUT2D eigenvalue weighted by atomic mass is 16.4. The molecule has 0 aliphatic rings. The molecule has 0 saturated heterocycles. The Morgan fingerprint density at radius 1 is 1.50 bits per heavy atom. The first-order valence-electron chi connectivity index (χ1n) is 4.20. The third-order valence-electron chi connectivity index (χ3n) is 2.27. The van der Waals surface area contributed by atoms with Crippen molar-refractivity contribution in [1.29, 1.82) is 0 Å². The third-order valence-corrected chi connectivity index (χ3v) is 2.27. The topological polar surface area (TPSA) is 89.1 Å². The van der Waals surface area contributed by atoms with Crippen LogP contribution in [0.15, 0.2) is 18.7 Å². The molecule has 5 nitrogen and oxygen atoms in total. The zero-order valence-corrected chi connectivity index (χ0v) is 8.14. The summed E-state index contributed by atoms with van der Waals surface area (Å²) in [7, 11) is 0. The largest absolute Gasteiger partial charge is 0.481 e. The fourth-order valence-electron chi connectivity index (χ4n) is 1.02. The van der Waals surface area contributed by atoms with Crippen LogP contribution in [0.5, 0.6) is 0 Å². The lowest BCUT2D eigenvalue weighted by molar-refractivity contribution is -0.148. The standard InChI is InChI=1S/C9H13N3O2/c1-9(2,8(13)14)7(10)6-3-11-5-12-4-6/h3-5,7H,10H2,1-2H3,(H,13,14). The van der Waals surface area contributed by atoms with Crippen LogP contribution >= 0.6 is 0 Å². The molecule has 1 aromatic heterocycles. The van der Waals surface area contributed by atoms with Gasteiger partial charge in [-0.05, 0) is 13.8 Å². The molecule has 1 heterocycles. The SMILES string of the molecule is CC(C)(C(=O)O)C(N)c1cncnc1. The van der Waals surface area contributed by atoms with Crippen molar-refractivity contribution in [3.63, 3.8) is 0 Å². The van der Waals surface area contributed by atoms with E-state index >= 15 is 0 Å². The number of hydrogen-bond donors (Lipinski definition) is 2. The van der Waals surface area contributed by atoms with Gasteiger partial charge in [-0.1, -0.05) is 0 Å². The summed E-state index contributed by atoms with van der Waals surface area (Å²) < 4.78 is 0. The van der Waals surface area contributed by atoms with Gasteiger partial charge < -0.3 is 10.8 Å². The van der Waals surface area contributed by atoms with Crippen LogP contribution in [-0.4, -0.2) is 21.0 Å². The summed E-state index contributed by atoms with van der Waals surface area (Å²) in [5.41, 5.74) is 5.41. The highest BCUT2D eigenvalue weighted by molar-refractivity contribution is 5.74. The Hall–Kier alpha value is -1.49. The second kappa shape index (κ2) is 3.71. The number of aliphatic carboxylic acids is 1. The van der Waals surface area contributed by atoms with Crippen LogP contribution in [0.25, 0.3) is 0 Å². The van der Waals surface area contributed by atoms with Crippen molar-refractivity contribution in [1.82, 2.24) is 9.97 Å². The van der Waals surface area contributed by atoms with Gasteiger partial charge in [-0.25, -0.2) is 9.97 Å². The van der Waals surface area contributed by atoms with Crippen LogP contribution in [0.4, 0.5) is 0 Å². The maximum atomic E-state index is 10.9. The first-order chi connectivity index (χ1) is 6.46. The number of nitrogens with zero attached hydrogens (tertiary/aromatic N) is 2. The fraction of sp³-hybridized carbons (Fsp3) is 0.444. The van der Waals surface area contributed by atoms with E-state index in [0.717, 1.165) is 0 Å². The van der Waals surface area contributed by atoms with E-state index in [9.17, 15) is 4.79 Å². The smallest absolute Gasteiger partial charge is 0.311 e. The monoisotopic (exact) mass is 195 g/mol. The molecule has 0 radical (unpaired) electrons. The minimum atomic E-state index is -1.02. The van der Waals surface area contributed by atoms with E-state index in [1.54, 1.807) is 13.8 Å². The van der Waals surface area contributed by atoms with Crippen LogP contribution in [0.2, 0.25) is 0 Å². The minimum absolute atomic E-state index is 0.610. The molecule has 5 heteroatoms. The van der Waals surface area contributed by atoms with Crippen molar-refractivity contribution in [3.8, 4) is 0 Å². The van der Waals surface area contributed by atoms with Gasteiger partial charge in [-0.3, -0.25) is 4.79 Å². The molecule has 0 fully saturated rings. The number of hydrogen-bond acceptors (Lipinski definition) is 4. The van der Waals surface area contributed by atoms with E-state index in [2.05, 4.69) is 9.97 Å². The number of carboxylic acids is 1. The average molecular weight is 195 g/mol. The van der Waals surface area contributed by atoms with Crippen molar-refractivity contribution in [2.24, 2.45) is 11.1 Å². The van der Waals surface area contributed by atoms with Gasteiger partial charge in [-0.2, -0.15) is 0 Å². The van der Waals surface area contributed by atoms with E-state index in [1.807, 2.05) is 0 Å². The number of carbonyl (C=O) groups is 1. The molecular weight excluding hydrogens is 182 g/mol. The zero-order valence-electron chi connectivity index (χ0n) is 8.14. The molecule has 1 unspecified atom stereocenters. The molecule has 0 saturated carbocycles. The van der Waals surface area contributed by atoms with Crippen LogP contribution < -0.4 is 5.73 Å². The molecule has 0 bridgehead atoms. The van der Waals surface area contributed by atoms with Gasteiger partial charge in [0.15, 0.2) is 0 Å². The minimum Gasteiger partial charge on any atom is -0.481 e. The summed E-state index contributed by atoms with van der Waals surface area (Å²) in [5, 5.41) is 8.95. The molecule has 1 aromatic rings. The molecule has 0 aromatic carbocycles. The normalized spacial score (nSPS) is 13.6. The highest BCUT2D eigenvalue weighted by Crippen LogP contribution is 2.30. The van der Waals surface area contributed by atoms with Gasteiger partial charge in [0.2, 0.25) is 0 Å². The van der Waals surface area contributed by atoms with Crippen LogP contribution in [0.3, 0.4) is 0 Å². The summed E-state index contributed by atoms with van der Waals surface area (Å²) in [4.78, 5) is 18.5. The van der Waals surface area contributed by atoms with Gasteiger partial charge in [0.1, 0.15) is 6.33 Å². The van der Waals surface area contributed by atoms with Crippen LogP contribution in [-0.2, 0) is 4.79 Å². The van der Waals surface area contributed by atoms with Crippen molar-refractivity contribution >= 4 is 5.97 Å². The fourth-order valence-corrected chi connectivity index (χ4v) is 1.02. The number of aromatic nitrogens is 2. The van der Waals surface area contributed by atoms with Crippen molar-refractivity contribution < 1.29 is 9.90 Å². The predicted octanol–water partition coefficient (Wildman–Crippen LogP) is 0.587. The molecule has 76 valence electrons. The number of nitrogens with two attached hydrogens (primary N) is 1. The Morgan fingerprint density at radius 2 is 2.00 bits per heavy atom. The number of carboxylic acid groups (broad SMARTS) is 1.